The molecule has 0 aliphatic rings. The first-order chi connectivity index (χ1) is 8.08. The molecule has 0 unspecified atom stereocenters. The van der Waals surface area contributed by atoms with Crippen LogP contribution in [-0.4, -0.2) is 28.9 Å². The Kier molecular flexibility index (Phi) is 4.92. The van der Waals surface area contributed by atoms with Crippen molar-refractivity contribution in [3.63, 3.8) is 0 Å². The second-order valence-corrected chi connectivity index (χ2v) is 4.09. The molecule has 5 heteroatoms. The van der Waals surface area contributed by atoms with Gasteiger partial charge < -0.3 is 4.90 Å². The molecule has 17 heavy (non-hydrogen) atoms. The molecule has 1 aromatic heterocycles. The van der Waals surface area contributed by atoms with Gasteiger partial charge in [-0.1, -0.05) is 18.5 Å². The minimum atomic E-state index is -0.180. The zero-order valence-corrected chi connectivity index (χ0v) is 10.7. The number of rotatable bonds is 4. The number of aryl methyl sites for hydroxylation is 1. The third-order valence-electron chi connectivity index (χ3n) is 2.21. The maximum Gasteiger partial charge on any atom is 0.254 e. The lowest BCUT2D eigenvalue weighted by atomic mass is 10.2. The number of carbonyl (C=O) groups is 1. The number of hydrogen-bond donors (Lipinski definition) is 0. The maximum atomic E-state index is 12.1. The number of pyridine rings is 1. The van der Waals surface area contributed by atoms with Crippen LogP contribution in [0.5, 0.6) is 0 Å². The molecule has 1 heterocycles. The molecule has 90 valence electrons. The second-order valence-electron chi connectivity index (χ2n) is 3.70. The Morgan fingerprint density at radius 1 is 1.59 bits per heavy atom. The molecule has 0 aromatic carbocycles. The average molecular weight is 252 g/mol. The number of aromatic nitrogens is 1. The van der Waals surface area contributed by atoms with E-state index in [1.54, 1.807) is 13.0 Å². The minimum absolute atomic E-state index is 0.0890. The highest BCUT2D eigenvalue weighted by molar-refractivity contribution is 6.29. The first kappa shape index (κ1) is 13.5. The number of nitrogens with zero attached hydrogens (tertiary/aromatic N) is 3. The van der Waals surface area contributed by atoms with E-state index in [-0.39, 0.29) is 12.5 Å². The summed E-state index contributed by atoms with van der Waals surface area (Å²) in [6.45, 7) is 4.39. The van der Waals surface area contributed by atoms with Gasteiger partial charge in [0, 0.05) is 17.8 Å². The first-order valence-corrected chi connectivity index (χ1v) is 5.76. The monoisotopic (exact) mass is 251 g/mol. The molecule has 0 fully saturated rings. The Bertz CT molecular complexity index is 433. The molecular weight excluding hydrogens is 238 g/mol. The molecular formula is C12H14ClN3O. The van der Waals surface area contributed by atoms with E-state index in [0.29, 0.717) is 23.0 Å². The van der Waals surface area contributed by atoms with E-state index >= 15 is 0 Å². The van der Waals surface area contributed by atoms with Crippen molar-refractivity contribution in [2.75, 3.05) is 13.1 Å². The van der Waals surface area contributed by atoms with Crippen molar-refractivity contribution in [3.8, 4) is 6.07 Å². The predicted molar refractivity (Wildman–Crippen MR) is 65.8 cm³/mol. The largest absolute Gasteiger partial charge is 0.325 e. The summed E-state index contributed by atoms with van der Waals surface area (Å²) in [5.74, 6) is -0.180. The Morgan fingerprint density at radius 2 is 2.29 bits per heavy atom. The van der Waals surface area contributed by atoms with Gasteiger partial charge in [0.15, 0.2) is 0 Å². The van der Waals surface area contributed by atoms with Crippen LogP contribution in [0.2, 0.25) is 5.15 Å². The van der Waals surface area contributed by atoms with Crippen LogP contribution in [0.15, 0.2) is 12.1 Å². The van der Waals surface area contributed by atoms with Gasteiger partial charge in [0.1, 0.15) is 11.7 Å². The quantitative estimate of drug-likeness (QED) is 0.610. The highest BCUT2D eigenvalue weighted by Gasteiger charge is 2.15. The molecule has 0 atom stereocenters. The summed E-state index contributed by atoms with van der Waals surface area (Å²) in [6, 6.07) is 5.19. The number of carbonyl (C=O) groups excluding carboxylic acids is 1. The smallest absolute Gasteiger partial charge is 0.254 e. The molecule has 0 spiro atoms. The third kappa shape index (κ3) is 3.72. The van der Waals surface area contributed by atoms with Crippen LogP contribution >= 0.6 is 11.6 Å². The summed E-state index contributed by atoms with van der Waals surface area (Å²) in [5.41, 5.74) is 1.17. The van der Waals surface area contributed by atoms with Crippen molar-refractivity contribution in [2.24, 2.45) is 0 Å². The van der Waals surface area contributed by atoms with Crippen LogP contribution in [0.4, 0.5) is 0 Å². The highest BCUT2D eigenvalue weighted by Crippen LogP contribution is 2.12. The Balaban J connectivity index is 2.96. The fraction of sp³-hybridized carbons (Fsp3) is 0.417. The van der Waals surface area contributed by atoms with Gasteiger partial charge in [-0.15, -0.1) is 0 Å². The Labute approximate surface area is 106 Å². The molecule has 0 saturated heterocycles. The van der Waals surface area contributed by atoms with Crippen molar-refractivity contribution >= 4 is 17.5 Å². The van der Waals surface area contributed by atoms with Gasteiger partial charge in [-0.3, -0.25) is 4.79 Å². The van der Waals surface area contributed by atoms with Gasteiger partial charge >= 0.3 is 0 Å². The van der Waals surface area contributed by atoms with E-state index in [4.69, 9.17) is 16.9 Å². The van der Waals surface area contributed by atoms with Gasteiger partial charge in [0.2, 0.25) is 0 Å². The van der Waals surface area contributed by atoms with E-state index in [0.717, 1.165) is 6.42 Å². The zero-order chi connectivity index (χ0) is 12.8. The fourth-order valence-corrected chi connectivity index (χ4v) is 1.79. The van der Waals surface area contributed by atoms with Gasteiger partial charge in [-0.2, -0.15) is 5.26 Å². The zero-order valence-electron chi connectivity index (χ0n) is 9.90. The van der Waals surface area contributed by atoms with Crippen LogP contribution < -0.4 is 0 Å². The van der Waals surface area contributed by atoms with Gasteiger partial charge in [-0.25, -0.2) is 4.98 Å². The number of amides is 1. The molecule has 0 aliphatic carbocycles. The topological polar surface area (TPSA) is 57.0 Å². The molecule has 1 aromatic rings. The molecule has 4 nitrogen and oxygen atoms in total. The van der Waals surface area contributed by atoms with Gasteiger partial charge in [-0.05, 0) is 25.5 Å². The van der Waals surface area contributed by atoms with Crippen LogP contribution in [0.25, 0.3) is 0 Å². The standard InChI is InChI=1S/C12H14ClN3O/c1-3-5-16(6-4-14)12(17)10-7-9(2)15-11(13)8-10/h7-8H,3,5-6H2,1-2H3. The lowest BCUT2D eigenvalue weighted by Crippen LogP contribution is -2.32. The van der Waals surface area contributed by atoms with E-state index in [1.165, 1.54) is 11.0 Å². The van der Waals surface area contributed by atoms with Crippen LogP contribution in [0.1, 0.15) is 29.4 Å². The summed E-state index contributed by atoms with van der Waals surface area (Å²) in [7, 11) is 0. The fourth-order valence-electron chi connectivity index (χ4n) is 1.54. The van der Waals surface area contributed by atoms with Gasteiger partial charge in [0.25, 0.3) is 5.91 Å². The molecule has 0 bridgehead atoms. The van der Waals surface area contributed by atoms with Crippen LogP contribution in [0.3, 0.4) is 0 Å². The summed E-state index contributed by atoms with van der Waals surface area (Å²) in [6.07, 6.45) is 0.811. The SMILES string of the molecule is CCCN(CC#N)C(=O)c1cc(C)nc(Cl)c1. The molecule has 0 aliphatic heterocycles. The first-order valence-electron chi connectivity index (χ1n) is 5.39. The number of halogens is 1. The number of hydrogen-bond acceptors (Lipinski definition) is 3. The van der Waals surface area contributed by atoms with Crippen LogP contribution in [-0.2, 0) is 0 Å². The normalized spacial score (nSPS) is 9.76. The molecule has 1 amide bonds. The Morgan fingerprint density at radius 3 is 2.82 bits per heavy atom. The second kappa shape index (κ2) is 6.21. The van der Waals surface area contributed by atoms with E-state index in [2.05, 4.69) is 4.98 Å². The van der Waals surface area contributed by atoms with Crippen LogP contribution in [0, 0.1) is 18.3 Å². The molecule has 0 saturated carbocycles. The van der Waals surface area contributed by atoms with E-state index in [9.17, 15) is 4.79 Å². The predicted octanol–water partition coefficient (Wildman–Crippen LogP) is 2.42. The summed E-state index contributed by atoms with van der Waals surface area (Å²) >= 11 is 5.81. The van der Waals surface area contributed by atoms with Crippen molar-refractivity contribution in [1.82, 2.24) is 9.88 Å². The van der Waals surface area contributed by atoms with Gasteiger partial charge in [0.05, 0.1) is 6.07 Å². The summed E-state index contributed by atoms with van der Waals surface area (Å²) in [5, 5.41) is 8.98. The lowest BCUT2D eigenvalue weighted by molar-refractivity contribution is 0.0776. The summed E-state index contributed by atoms with van der Waals surface area (Å²) in [4.78, 5) is 17.6. The van der Waals surface area contributed by atoms with Crippen molar-refractivity contribution in [2.45, 2.75) is 20.3 Å². The molecule has 0 radical (unpaired) electrons. The Hall–Kier alpha value is -1.60. The average Bonchev–Trinajstić information content (AvgIpc) is 2.26. The minimum Gasteiger partial charge on any atom is -0.325 e. The van der Waals surface area contributed by atoms with Crippen molar-refractivity contribution < 1.29 is 4.79 Å². The molecule has 0 N–H and O–H groups in total. The van der Waals surface area contributed by atoms with Crippen molar-refractivity contribution in [1.29, 1.82) is 5.26 Å². The van der Waals surface area contributed by atoms with E-state index < -0.39 is 0 Å². The molecule has 1 rings (SSSR count). The summed E-state index contributed by atoms with van der Waals surface area (Å²) < 4.78 is 0. The number of nitriles is 1. The maximum absolute atomic E-state index is 12.1. The third-order valence-corrected chi connectivity index (χ3v) is 2.41. The lowest BCUT2D eigenvalue weighted by Gasteiger charge is -2.18. The van der Waals surface area contributed by atoms with E-state index in [1.807, 2.05) is 13.0 Å². The highest BCUT2D eigenvalue weighted by atomic mass is 35.5. The van der Waals surface area contributed by atoms with Crippen molar-refractivity contribution in [3.05, 3.63) is 28.5 Å².